The van der Waals surface area contributed by atoms with Crippen LogP contribution in [0, 0.1) is 5.92 Å². The molecule has 3 heteroatoms. The molecule has 0 aliphatic rings. The molecule has 1 unspecified atom stereocenters. The molecule has 0 aromatic heterocycles. The molecule has 0 heterocycles. The zero-order chi connectivity index (χ0) is 13.8. The molecule has 0 saturated carbocycles. The Bertz CT molecular complexity index is 553. The number of likely N-dealkylation sites (N-methyl/N-ethyl adjacent to an activating group) is 1. The van der Waals surface area contributed by atoms with Gasteiger partial charge in [-0.3, -0.25) is 0 Å². The van der Waals surface area contributed by atoms with Crippen LogP contribution < -0.4 is 10.1 Å². The summed E-state index contributed by atoms with van der Waals surface area (Å²) in [7, 11) is 1.95. The normalized spacial score (nSPS) is 12.9. The fourth-order valence-corrected chi connectivity index (χ4v) is 2.67. The molecule has 0 radical (unpaired) electrons. The second-order valence-corrected chi connectivity index (χ2v) is 5.85. The minimum Gasteiger partial charge on any atom is -0.488 e. The van der Waals surface area contributed by atoms with Crippen molar-refractivity contribution in [1.29, 1.82) is 0 Å². The van der Waals surface area contributed by atoms with Crippen molar-refractivity contribution < 1.29 is 4.74 Å². The summed E-state index contributed by atoms with van der Waals surface area (Å²) in [4.78, 5) is 0. The molecule has 19 heavy (non-hydrogen) atoms. The topological polar surface area (TPSA) is 21.3 Å². The van der Waals surface area contributed by atoms with Gasteiger partial charge in [0, 0.05) is 6.54 Å². The molecule has 2 aromatic rings. The maximum absolute atomic E-state index is 6.15. The summed E-state index contributed by atoms with van der Waals surface area (Å²) in [5, 5.41) is 5.59. The van der Waals surface area contributed by atoms with Gasteiger partial charge in [0.2, 0.25) is 0 Å². The molecule has 0 amide bonds. The average molecular weight is 322 g/mol. The third-order valence-corrected chi connectivity index (χ3v) is 4.07. The van der Waals surface area contributed by atoms with Crippen molar-refractivity contribution in [2.45, 2.75) is 20.0 Å². The molecule has 102 valence electrons. The number of fused-ring (bicyclic) bond motifs is 1. The van der Waals surface area contributed by atoms with Crippen molar-refractivity contribution in [2.75, 3.05) is 13.6 Å². The van der Waals surface area contributed by atoms with E-state index >= 15 is 0 Å². The summed E-state index contributed by atoms with van der Waals surface area (Å²) in [6.07, 6.45) is 0.169. The van der Waals surface area contributed by atoms with Gasteiger partial charge in [0.1, 0.15) is 11.9 Å². The second-order valence-electron chi connectivity index (χ2n) is 5.06. The summed E-state index contributed by atoms with van der Waals surface area (Å²) in [6, 6.07) is 12.5. The van der Waals surface area contributed by atoms with Crippen molar-refractivity contribution in [3.8, 4) is 5.75 Å². The molecular weight excluding hydrogens is 302 g/mol. The third-order valence-electron chi connectivity index (χ3n) is 3.26. The molecule has 0 saturated heterocycles. The van der Waals surface area contributed by atoms with Crippen molar-refractivity contribution >= 4 is 26.7 Å². The van der Waals surface area contributed by atoms with Gasteiger partial charge in [0.15, 0.2) is 0 Å². The van der Waals surface area contributed by atoms with Gasteiger partial charge in [-0.25, -0.2) is 0 Å². The molecule has 1 N–H and O–H groups in total. The summed E-state index contributed by atoms with van der Waals surface area (Å²) >= 11 is 3.67. The number of benzene rings is 2. The Morgan fingerprint density at radius 1 is 1.16 bits per heavy atom. The number of hydrogen-bond acceptors (Lipinski definition) is 2. The van der Waals surface area contributed by atoms with Gasteiger partial charge in [-0.05, 0) is 45.7 Å². The Hall–Kier alpha value is -1.06. The van der Waals surface area contributed by atoms with E-state index in [0.29, 0.717) is 5.92 Å². The smallest absolute Gasteiger partial charge is 0.134 e. The Morgan fingerprint density at radius 3 is 2.58 bits per heavy atom. The number of rotatable bonds is 5. The lowest BCUT2D eigenvalue weighted by Crippen LogP contribution is -2.33. The largest absolute Gasteiger partial charge is 0.488 e. The van der Waals surface area contributed by atoms with Gasteiger partial charge < -0.3 is 10.1 Å². The second kappa shape index (κ2) is 6.40. The SMILES string of the molecule is CNCC(Oc1ccc2ccccc2c1Br)C(C)C. The maximum atomic E-state index is 6.15. The van der Waals surface area contributed by atoms with E-state index < -0.39 is 0 Å². The predicted octanol–water partition coefficient (Wildman–Crippen LogP) is 4.23. The lowest BCUT2D eigenvalue weighted by atomic mass is 10.1. The van der Waals surface area contributed by atoms with Crippen LogP contribution in [-0.2, 0) is 0 Å². The number of hydrogen-bond donors (Lipinski definition) is 1. The quantitative estimate of drug-likeness (QED) is 0.890. The maximum Gasteiger partial charge on any atom is 0.134 e. The van der Waals surface area contributed by atoms with Gasteiger partial charge in [-0.15, -0.1) is 0 Å². The number of nitrogens with one attached hydrogen (secondary N) is 1. The van der Waals surface area contributed by atoms with Gasteiger partial charge in [0.25, 0.3) is 0 Å². The van der Waals surface area contributed by atoms with Crippen LogP contribution in [0.2, 0.25) is 0 Å². The monoisotopic (exact) mass is 321 g/mol. The van der Waals surface area contributed by atoms with Gasteiger partial charge in [-0.2, -0.15) is 0 Å². The average Bonchev–Trinajstić information content (AvgIpc) is 2.41. The summed E-state index contributed by atoms with van der Waals surface area (Å²) in [5.41, 5.74) is 0. The molecule has 1 atom stereocenters. The van der Waals surface area contributed by atoms with Crippen LogP contribution in [0.5, 0.6) is 5.75 Å². The Kier molecular flexibility index (Phi) is 4.83. The van der Waals surface area contributed by atoms with Crippen molar-refractivity contribution in [3.05, 3.63) is 40.9 Å². The predicted molar refractivity (Wildman–Crippen MR) is 84.8 cm³/mol. The minimum atomic E-state index is 0.169. The van der Waals surface area contributed by atoms with E-state index in [1.54, 1.807) is 0 Å². The summed E-state index contributed by atoms with van der Waals surface area (Å²) in [6.45, 7) is 5.20. The first-order chi connectivity index (χ1) is 9.13. The Morgan fingerprint density at radius 2 is 1.89 bits per heavy atom. The molecule has 0 fully saturated rings. The van der Waals surface area contributed by atoms with Crippen LogP contribution in [-0.4, -0.2) is 19.7 Å². The Labute approximate surface area is 123 Å². The molecule has 2 nitrogen and oxygen atoms in total. The van der Waals surface area contributed by atoms with E-state index in [9.17, 15) is 0 Å². The van der Waals surface area contributed by atoms with E-state index in [0.717, 1.165) is 16.8 Å². The highest BCUT2D eigenvalue weighted by atomic mass is 79.9. The summed E-state index contributed by atoms with van der Waals surface area (Å²) in [5.74, 6) is 1.37. The van der Waals surface area contributed by atoms with Gasteiger partial charge in [0.05, 0.1) is 4.47 Å². The van der Waals surface area contributed by atoms with Crippen molar-refractivity contribution in [1.82, 2.24) is 5.32 Å². The molecule has 0 aliphatic carbocycles. The first-order valence-electron chi connectivity index (χ1n) is 6.62. The van der Waals surface area contributed by atoms with Crippen LogP contribution in [0.3, 0.4) is 0 Å². The summed E-state index contributed by atoms with van der Waals surface area (Å²) < 4.78 is 7.18. The fourth-order valence-electron chi connectivity index (χ4n) is 2.08. The minimum absolute atomic E-state index is 0.169. The standard InChI is InChI=1S/C16H20BrNO/c1-11(2)15(10-18-3)19-14-9-8-12-6-4-5-7-13(12)16(14)17/h4-9,11,15,18H,10H2,1-3H3. The highest BCUT2D eigenvalue weighted by molar-refractivity contribution is 9.10. The van der Waals surface area contributed by atoms with Crippen molar-refractivity contribution in [3.63, 3.8) is 0 Å². The number of ether oxygens (including phenoxy) is 1. The van der Waals surface area contributed by atoms with Crippen molar-refractivity contribution in [2.24, 2.45) is 5.92 Å². The lowest BCUT2D eigenvalue weighted by Gasteiger charge is -2.23. The van der Waals surface area contributed by atoms with Crippen LogP contribution in [0.1, 0.15) is 13.8 Å². The van der Waals surface area contributed by atoms with E-state index in [4.69, 9.17) is 4.74 Å². The lowest BCUT2D eigenvalue weighted by molar-refractivity contribution is 0.150. The van der Waals surface area contributed by atoms with Crippen LogP contribution in [0.4, 0.5) is 0 Å². The molecule has 0 spiro atoms. The van der Waals surface area contributed by atoms with Crippen LogP contribution in [0.25, 0.3) is 10.8 Å². The van der Waals surface area contributed by atoms with Crippen LogP contribution in [0.15, 0.2) is 40.9 Å². The highest BCUT2D eigenvalue weighted by Crippen LogP contribution is 2.34. The van der Waals surface area contributed by atoms with E-state index in [1.807, 2.05) is 25.2 Å². The van der Waals surface area contributed by atoms with Gasteiger partial charge >= 0.3 is 0 Å². The fraction of sp³-hybridized carbons (Fsp3) is 0.375. The molecule has 0 bridgehead atoms. The first kappa shape index (κ1) is 14.4. The molecule has 2 aromatic carbocycles. The zero-order valence-electron chi connectivity index (χ0n) is 11.6. The highest BCUT2D eigenvalue weighted by Gasteiger charge is 2.16. The molecule has 0 aliphatic heterocycles. The zero-order valence-corrected chi connectivity index (χ0v) is 13.2. The van der Waals surface area contributed by atoms with E-state index in [-0.39, 0.29) is 6.10 Å². The molecule has 2 rings (SSSR count). The van der Waals surface area contributed by atoms with E-state index in [2.05, 4.69) is 53.3 Å². The van der Waals surface area contributed by atoms with E-state index in [1.165, 1.54) is 10.8 Å². The van der Waals surface area contributed by atoms with Gasteiger partial charge in [-0.1, -0.05) is 44.2 Å². The Balaban J connectivity index is 2.32. The molecular formula is C16H20BrNO. The first-order valence-corrected chi connectivity index (χ1v) is 7.41. The van der Waals surface area contributed by atoms with Crippen LogP contribution >= 0.6 is 15.9 Å². The third kappa shape index (κ3) is 3.28. The number of halogens is 1.